The number of amides is 2. The number of ether oxygens (including phenoxy) is 2. The highest BCUT2D eigenvalue weighted by Gasteiger charge is 2.46. The van der Waals surface area contributed by atoms with Crippen molar-refractivity contribution in [1.29, 1.82) is 5.26 Å². The van der Waals surface area contributed by atoms with Gasteiger partial charge in [-0.2, -0.15) is 5.26 Å². The Morgan fingerprint density at radius 2 is 2.15 bits per heavy atom. The van der Waals surface area contributed by atoms with Crippen LogP contribution in [0.3, 0.4) is 0 Å². The molecule has 1 saturated heterocycles. The van der Waals surface area contributed by atoms with Crippen molar-refractivity contribution in [3.05, 3.63) is 36.4 Å². The molecular formula is C18H15N5O4. The third-order valence-corrected chi connectivity index (χ3v) is 4.48. The van der Waals surface area contributed by atoms with Crippen LogP contribution in [-0.4, -0.2) is 47.3 Å². The van der Waals surface area contributed by atoms with Crippen LogP contribution in [0.1, 0.15) is 12.7 Å². The van der Waals surface area contributed by atoms with Crippen LogP contribution >= 0.6 is 0 Å². The SMILES string of the molecule is CC(=O)NCC1OC(=O)N2c3ccc(-c4cnc(C#N)nc4)cc3OCC12. The molecule has 2 amide bonds. The highest BCUT2D eigenvalue weighted by Crippen LogP contribution is 2.40. The zero-order valence-electron chi connectivity index (χ0n) is 14.4. The third-order valence-electron chi connectivity index (χ3n) is 4.48. The number of cyclic esters (lactones) is 1. The topological polar surface area (TPSA) is 117 Å². The van der Waals surface area contributed by atoms with E-state index >= 15 is 0 Å². The van der Waals surface area contributed by atoms with Gasteiger partial charge in [0.15, 0.2) is 0 Å². The summed E-state index contributed by atoms with van der Waals surface area (Å²) in [5.41, 5.74) is 2.15. The van der Waals surface area contributed by atoms with Crippen molar-refractivity contribution >= 4 is 17.7 Å². The van der Waals surface area contributed by atoms with E-state index < -0.39 is 12.2 Å². The van der Waals surface area contributed by atoms with E-state index in [2.05, 4.69) is 15.3 Å². The molecule has 2 aromatic rings. The molecule has 1 N–H and O–H groups in total. The summed E-state index contributed by atoms with van der Waals surface area (Å²) >= 11 is 0. The van der Waals surface area contributed by atoms with Gasteiger partial charge in [0, 0.05) is 24.9 Å². The number of carbonyl (C=O) groups is 2. The van der Waals surface area contributed by atoms with Crippen LogP contribution < -0.4 is 15.0 Å². The molecule has 0 radical (unpaired) electrons. The maximum absolute atomic E-state index is 12.3. The van der Waals surface area contributed by atoms with Crippen LogP contribution in [-0.2, 0) is 9.53 Å². The summed E-state index contributed by atoms with van der Waals surface area (Å²) in [6.45, 7) is 1.91. The fourth-order valence-electron chi connectivity index (χ4n) is 3.17. The number of benzene rings is 1. The first-order valence-corrected chi connectivity index (χ1v) is 8.30. The van der Waals surface area contributed by atoms with Crippen LogP contribution in [0.25, 0.3) is 11.1 Å². The quantitative estimate of drug-likeness (QED) is 0.869. The minimum Gasteiger partial charge on any atom is -0.489 e. The summed E-state index contributed by atoms with van der Waals surface area (Å²) in [7, 11) is 0. The Morgan fingerprint density at radius 1 is 1.37 bits per heavy atom. The van der Waals surface area contributed by atoms with Crippen LogP contribution in [0, 0.1) is 11.3 Å². The average Bonchev–Trinajstić information content (AvgIpc) is 3.02. The summed E-state index contributed by atoms with van der Waals surface area (Å²) in [6.07, 6.45) is 2.19. The molecule has 1 fully saturated rings. The van der Waals surface area contributed by atoms with Gasteiger partial charge in [-0.3, -0.25) is 9.69 Å². The number of hydrogen-bond donors (Lipinski definition) is 1. The van der Waals surface area contributed by atoms with E-state index in [1.165, 1.54) is 6.92 Å². The van der Waals surface area contributed by atoms with E-state index in [4.69, 9.17) is 14.7 Å². The number of rotatable bonds is 3. The van der Waals surface area contributed by atoms with Crippen LogP contribution in [0.2, 0.25) is 0 Å². The van der Waals surface area contributed by atoms with E-state index in [1.54, 1.807) is 29.4 Å². The first-order valence-electron chi connectivity index (χ1n) is 8.30. The minimum atomic E-state index is -0.471. The van der Waals surface area contributed by atoms with Gasteiger partial charge in [-0.25, -0.2) is 14.8 Å². The number of nitrogens with zero attached hydrogens (tertiary/aromatic N) is 4. The normalized spacial score (nSPS) is 20.0. The highest BCUT2D eigenvalue weighted by molar-refractivity contribution is 5.94. The van der Waals surface area contributed by atoms with Crippen molar-refractivity contribution < 1.29 is 19.1 Å². The standard InChI is InChI=1S/C18H15N5O4/c1-10(24)20-8-16-14-9-26-15-4-11(12-6-21-17(5-19)22-7-12)2-3-13(15)23(14)18(25)27-16/h2-4,6-7,14,16H,8-9H2,1H3,(H,20,24). The monoisotopic (exact) mass is 365 g/mol. The first-order chi connectivity index (χ1) is 13.1. The second kappa shape index (κ2) is 6.57. The van der Waals surface area contributed by atoms with Gasteiger partial charge in [0.1, 0.15) is 30.6 Å². The summed E-state index contributed by atoms with van der Waals surface area (Å²) in [5, 5.41) is 11.5. The summed E-state index contributed by atoms with van der Waals surface area (Å²) in [5.74, 6) is 0.460. The van der Waals surface area contributed by atoms with Gasteiger partial charge in [-0.05, 0) is 17.7 Å². The Labute approximate surface area is 154 Å². The van der Waals surface area contributed by atoms with Gasteiger partial charge in [0.25, 0.3) is 0 Å². The second-order valence-corrected chi connectivity index (χ2v) is 6.20. The fraction of sp³-hybridized carbons (Fsp3) is 0.278. The molecule has 3 heterocycles. The third kappa shape index (κ3) is 3.01. The highest BCUT2D eigenvalue weighted by atomic mass is 16.6. The number of aromatic nitrogens is 2. The summed E-state index contributed by atoms with van der Waals surface area (Å²) in [4.78, 5) is 33.0. The van der Waals surface area contributed by atoms with Crippen molar-refractivity contribution in [2.75, 3.05) is 18.1 Å². The van der Waals surface area contributed by atoms with E-state index in [9.17, 15) is 9.59 Å². The Balaban J connectivity index is 1.60. The van der Waals surface area contributed by atoms with Crippen LogP contribution in [0.4, 0.5) is 10.5 Å². The first kappa shape index (κ1) is 16.8. The molecule has 0 bridgehead atoms. The zero-order valence-corrected chi connectivity index (χ0v) is 14.4. The number of anilines is 1. The maximum Gasteiger partial charge on any atom is 0.415 e. The molecule has 2 atom stereocenters. The molecule has 9 nitrogen and oxygen atoms in total. The molecule has 0 spiro atoms. The lowest BCUT2D eigenvalue weighted by Crippen LogP contribution is -2.47. The number of nitrogens with one attached hydrogen (secondary N) is 1. The fourth-order valence-corrected chi connectivity index (χ4v) is 3.17. The molecule has 0 saturated carbocycles. The molecule has 2 unspecified atom stereocenters. The summed E-state index contributed by atoms with van der Waals surface area (Å²) in [6, 6.07) is 6.97. The van der Waals surface area contributed by atoms with Crippen molar-refractivity contribution in [3.63, 3.8) is 0 Å². The van der Waals surface area contributed by atoms with Gasteiger partial charge in [-0.1, -0.05) is 6.07 Å². The van der Waals surface area contributed by atoms with Crippen LogP contribution in [0.15, 0.2) is 30.6 Å². The number of fused-ring (bicyclic) bond motifs is 3. The number of carbonyl (C=O) groups excluding carboxylic acids is 2. The molecule has 4 rings (SSSR count). The van der Waals surface area contributed by atoms with Gasteiger partial charge >= 0.3 is 6.09 Å². The minimum absolute atomic E-state index is 0.0980. The van der Waals surface area contributed by atoms with Gasteiger partial charge in [0.05, 0.1) is 12.2 Å². The van der Waals surface area contributed by atoms with Crippen LogP contribution in [0.5, 0.6) is 5.75 Å². The average molecular weight is 365 g/mol. The van der Waals surface area contributed by atoms with Gasteiger partial charge < -0.3 is 14.8 Å². The lowest BCUT2D eigenvalue weighted by atomic mass is 10.0. The van der Waals surface area contributed by atoms with Crippen molar-refractivity contribution in [2.24, 2.45) is 0 Å². The largest absolute Gasteiger partial charge is 0.489 e. The van der Waals surface area contributed by atoms with Crippen molar-refractivity contribution in [3.8, 4) is 22.9 Å². The number of hydrogen-bond acceptors (Lipinski definition) is 7. The molecule has 136 valence electrons. The molecule has 27 heavy (non-hydrogen) atoms. The van der Waals surface area contributed by atoms with Gasteiger partial charge in [-0.15, -0.1) is 0 Å². The molecule has 1 aromatic heterocycles. The Morgan fingerprint density at radius 3 is 2.85 bits per heavy atom. The Bertz CT molecular complexity index is 953. The van der Waals surface area contributed by atoms with Crippen molar-refractivity contribution in [1.82, 2.24) is 15.3 Å². The van der Waals surface area contributed by atoms with E-state index in [0.29, 0.717) is 11.4 Å². The molecule has 9 heteroatoms. The van der Waals surface area contributed by atoms with E-state index in [-0.39, 0.29) is 30.9 Å². The predicted molar refractivity (Wildman–Crippen MR) is 92.9 cm³/mol. The maximum atomic E-state index is 12.3. The molecule has 1 aromatic carbocycles. The lowest BCUT2D eigenvalue weighted by molar-refractivity contribution is -0.119. The molecule has 2 aliphatic rings. The molecular weight excluding hydrogens is 350 g/mol. The molecule has 2 aliphatic heterocycles. The lowest BCUT2D eigenvalue weighted by Gasteiger charge is -2.31. The Kier molecular flexibility index (Phi) is 4.08. The smallest absolute Gasteiger partial charge is 0.415 e. The van der Waals surface area contributed by atoms with E-state index in [1.807, 2.05) is 12.1 Å². The molecule has 0 aliphatic carbocycles. The number of nitriles is 1. The van der Waals surface area contributed by atoms with Crippen molar-refractivity contribution in [2.45, 2.75) is 19.1 Å². The summed E-state index contributed by atoms with van der Waals surface area (Å²) < 4.78 is 11.2. The Hall–Kier alpha value is -3.67. The second-order valence-electron chi connectivity index (χ2n) is 6.20. The van der Waals surface area contributed by atoms with Gasteiger partial charge in [0.2, 0.25) is 11.7 Å². The van der Waals surface area contributed by atoms with E-state index in [0.717, 1.165) is 11.1 Å². The zero-order chi connectivity index (χ0) is 19.0. The predicted octanol–water partition coefficient (Wildman–Crippen LogP) is 1.24.